The van der Waals surface area contributed by atoms with Gasteiger partial charge in [-0.1, -0.05) is 63.6 Å². The Kier molecular flexibility index (Phi) is 6.66. The predicted octanol–water partition coefficient (Wildman–Crippen LogP) is 6.09. The summed E-state index contributed by atoms with van der Waals surface area (Å²) in [5.41, 5.74) is 2.94. The van der Waals surface area contributed by atoms with Crippen LogP contribution in [0.25, 0.3) is 11.3 Å². The van der Waals surface area contributed by atoms with Crippen LogP contribution in [0, 0.1) is 13.8 Å². The van der Waals surface area contributed by atoms with Crippen molar-refractivity contribution in [2.45, 2.75) is 39.0 Å². The first kappa shape index (κ1) is 26.2. The summed E-state index contributed by atoms with van der Waals surface area (Å²) in [6.07, 6.45) is 3.21. The average Bonchev–Trinajstić information content (AvgIpc) is 3.66. The number of benzene rings is 2. The molecule has 0 aliphatic carbocycles. The summed E-state index contributed by atoms with van der Waals surface area (Å²) < 4.78 is 26.2. The predicted molar refractivity (Wildman–Crippen MR) is 152 cm³/mol. The highest BCUT2D eigenvalue weighted by Crippen LogP contribution is 2.37. The highest BCUT2D eigenvalue weighted by molar-refractivity contribution is 9.10. The topological polar surface area (TPSA) is 82.0 Å². The van der Waals surface area contributed by atoms with Crippen molar-refractivity contribution in [3.05, 3.63) is 112 Å². The van der Waals surface area contributed by atoms with E-state index in [4.69, 9.17) is 4.42 Å². The van der Waals surface area contributed by atoms with Crippen LogP contribution in [0.2, 0.25) is 0 Å². The van der Waals surface area contributed by atoms with Crippen molar-refractivity contribution >= 4 is 21.8 Å². The number of amides is 1. The van der Waals surface area contributed by atoms with Crippen molar-refractivity contribution < 1.29 is 13.6 Å². The zero-order valence-electron chi connectivity index (χ0n) is 22.4. The Hall–Kier alpha value is -4.05. The van der Waals surface area contributed by atoms with Crippen molar-refractivity contribution in [1.82, 2.24) is 29.4 Å². The maximum atomic E-state index is 15.8. The zero-order chi connectivity index (χ0) is 28.0. The van der Waals surface area contributed by atoms with Crippen molar-refractivity contribution in [3.63, 3.8) is 0 Å². The Morgan fingerprint density at radius 2 is 1.90 bits per heavy atom. The van der Waals surface area contributed by atoms with E-state index in [0.29, 0.717) is 17.2 Å². The summed E-state index contributed by atoms with van der Waals surface area (Å²) in [7, 11) is 0. The Morgan fingerprint density at radius 3 is 2.65 bits per heavy atom. The molecule has 1 atom stereocenters. The quantitative estimate of drug-likeness (QED) is 0.225. The molecule has 0 N–H and O–H groups in total. The SMILES string of the molecule is Cc1cc(C(=O)N2CC(F)(c3cn(Cc4ncc(-c5cccc(Br)c5)o4)nn3)C2)c(C)n1C(C)c1ccccc1. The summed E-state index contributed by atoms with van der Waals surface area (Å²) in [5, 5.41) is 8.14. The maximum absolute atomic E-state index is 15.8. The molecule has 4 heterocycles. The Morgan fingerprint density at radius 1 is 1.12 bits per heavy atom. The summed E-state index contributed by atoms with van der Waals surface area (Å²) >= 11 is 3.46. The molecule has 6 rings (SSSR count). The van der Waals surface area contributed by atoms with E-state index in [2.05, 4.69) is 54.8 Å². The van der Waals surface area contributed by atoms with Gasteiger partial charge in [-0.3, -0.25) is 4.79 Å². The van der Waals surface area contributed by atoms with Gasteiger partial charge in [-0.15, -0.1) is 5.10 Å². The van der Waals surface area contributed by atoms with Gasteiger partial charge in [-0.2, -0.15) is 0 Å². The molecular weight excluding hydrogens is 575 g/mol. The number of hydrogen-bond acceptors (Lipinski definition) is 5. The number of alkyl halides is 1. The number of nitrogens with zero attached hydrogens (tertiary/aromatic N) is 6. The van der Waals surface area contributed by atoms with Crippen LogP contribution in [0.15, 0.2) is 81.9 Å². The first-order valence-electron chi connectivity index (χ1n) is 13.0. The number of carbonyl (C=O) groups excluding carboxylic acids is 1. The van der Waals surface area contributed by atoms with Crippen LogP contribution >= 0.6 is 15.9 Å². The van der Waals surface area contributed by atoms with Gasteiger partial charge < -0.3 is 13.9 Å². The third-order valence-electron chi connectivity index (χ3n) is 7.51. The molecule has 2 aromatic carbocycles. The third kappa shape index (κ3) is 4.77. The number of rotatable bonds is 7. The third-order valence-corrected chi connectivity index (χ3v) is 8.01. The fraction of sp³-hybridized carbons (Fsp3) is 0.267. The van der Waals surface area contributed by atoms with Gasteiger partial charge in [0.25, 0.3) is 5.91 Å². The van der Waals surface area contributed by atoms with E-state index in [0.717, 1.165) is 27.0 Å². The summed E-state index contributed by atoms with van der Waals surface area (Å²) in [5.74, 6) is 0.884. The van der Waals surface area contributed by atoms with Gasteiger partial charge in [0.2, 0.25) is 5.89 Å². The molecule has 40 heavy (non-hydrogen) atoms. The van der Waals surface area contributed by atoms with Crippen molar-refractivity contribution in [2.75, 3.05) is 13.1 Å². The Labute approximate surface area is 239 Å². The molecule has 0 radical (unpaired) electrons. The average molecular weight is 603 g/mol. The largest absolute Gasteiger partial charge is 0.439 e. The van der Waals surface area contributed by atoms with Crippen LogP contribution in [-0.4, -0.2) is 48.4 Å². The Bertz CT molecular complexity index is 1690. The zero-order valence-corrected chi connectivity index (χ0v) is 24.0. The van der Waals surface area contributed by atoms with Gasteiger partial charge in [0.15, 0.2) is 11.4 Å². The summed E-state index contributed by atoms with van der Waals surface area (Å²) in [6, 6.07) is 19.9. The number of halogens is 2. The smallest absolute Gasteiger partial charge is 0.255 e. The lowest BCUT2D eigenvalue weighted by atomic mass is 9.92. The van der Waals surface area contributed by atoms with Gasteiger partial charge in [0.05, 0.1) is 37.1 Å². The van der Waals surface area contributed by atoms with Crippen molar-refractivity contribution in [3.8, 4) is 11.3 Å². The number of aryl methyl sites for hydroxylation is 1. The van der Waals surface area contributed by atoms with E-state index in [9.17, 15) is 4.79 Å². The lowest BCUT2D eigenvalue weighted by Gasteiger charge is -2.43. The number of aromatic nitrogens is 5. The normalized spacial score (nSPS) is 15.2. The van der Waals surface area contributed by atoms with Gasteiger partial charge in [0.1, 0.15) is 12.2 Å². The van der Waals surface area contributed by atoms with E-state index in [1.54, 1.807) is 12.4 Å². The molecule has 0 bridgehead atoms. The van der Waals surface area contributed by atoms with Crippen LogP contribution in [0.4, 0.5) is 4.39 Å². The van der Waals surface area contributed by atoms with Crippen molar-refractivity contribution in [2.24, 2.45) is 0 Å². The van der Waals surface area contributed by atoms with Gasteiger partial charge in [-0.05, 0) is 44.5 Å². The van der Waals surface area contributed by atoms with Crippen LogP contribution in [0.1, 0.15) is 51.9 Å². The molecule has 1 amide bonds. The highest BCUT2D eigenvalue weighted by Gasteiger charge is 2.50. The Balaban J connectivity index is 1.12. The molecule has 8 nitrogen and oxygen atoms in total. The van der Waals surface area contributed by atoms with Crippen LogP contribution < -0.4 is 0 Å². The molecule has 204 valence electrons. The number of likely N-dealkylation sites (tertiary alicyclic amines) is 1. The molecule has 1 fully saturated rings. The van der Waals surface area contributed by atoms with E-state index in [-0.39, 0.29) is 37.3 Å². The first-order valence-corrected chi connectivity index (χ1v) is 13.8. The lowest BCUT2D eigenvalue weighted by Crippen LogP contribution is -2.59. The molecule has 1 unspecified atom stereocenters. The number of carbonyl (C=O) groups is 1. The van der Waals surface area contributed by atoms with Crippen molar-refractivity contribution in [1.29, 1.82) is 0 Å². The molecule has 1 saturated heterocycles. The minimum atomic E-state index is -1.76. The minimum Gasteiger partial charge on any atom is -0.439 e. The van der Waals surface area contributed by atoms with E-state index in [1.165, 1.54) is 9.58 Å². The van der Waals surface area contributed by atoms with Crippen LogP contribution in [-0.2, 0) is 12.2 Å². The van der Waals surface area contributed by atoms with E-state index in [1.807, 2.05) is 62.4 Å². The monoisotopic (exact) mass is 602 g/mol. The molecule has 5 aromatic rings. The molecule has 1 aliphatic heterocycles. The molecule has 10 heteroatoms. The maximum Gasteiger partial charge on any atom is 0.255 e. The molecular formula is C30H28BrFN6O2. The summed E-state index contributed by atoms with van der Waals surface area (Å²) in [4.78, 5) is 19.2. The fourth-order valence-electron chi connectivity index (χ4n) is 5.38. The standard InChI is InChI=1S/C30H28BrFN6O2/c1-19-12-25(21(3)38(19)20(2)22-8-5-4-6-9-22)29(39)36-17-30(32,18-36)27-15-37(35-34-27)16-28-33-14-26(40-28)23-10-7-11-24(31)13-23/h4-15,20H,16-18H2,1-3H3. The van der Waals surface area contributed by atoms with E-state index >= 15 is 4.39 Å². The van der Waals surface area contributed by atoms with Crippen LogP contribution in [0.3, 0.4) is 0 Å². The van der Waals surface area contributed by atoms with Gasteiger partial charge in [-0.25, -0.2) is 14.1 Å². The first-order chi connectivity index (χ1) is 19.2. The van der Waals surface area contributed by atoms with E-state index < -0.39 is 5.67 Å². The number of hydrogen-bond donors (Lipinski definition) is 0. The number of oxazole rings is 1. The minimum absolute atomic E-state index is 0.0729. The molecule has 0 saturated carbocycles. The molecule has 0 spiro atoms. The van der Waals surface area contributed by atoms with Crippen LogP contribution in [0.5, 0.6) is 0 Å². The lowest BCUT2D eigenvalue weighted by molar-refractivity contribution is -0.0259. The second-order valence-electron chi connectivity index (χ2n) is 10.3. The molecule has 3 aromatic heterocycles. The molecule has 1 aliphatic rings. The highest BCUT2D eigenvalue weighted by atomic mass is 79.9. The van der Waals surface area contributed by atoms with Gasteiger partial charge in [0, 0.05) is 21.4 Å². The fourth-order valence-corrected chi connectivity index (χ4v) is 5.78. The van der Waals surface area contributed by atoms with Gasteiger partial charge >= 0.3 is 0 Å². The second kappa shape index (κ2) is 10.2. The summed E-state index contributed by atoms with van der Waals surface area (Å²) in [6.45, 7) is 6.11. The second-order valence-corrected chi connectivity index (χ2v) is 11.2.